The molecule has 98 valence electrons. The Morgan fingerprint density at radius 3 is 1.00 bits per heavy atom. The Morgan fingerprint density at radius 1 is 0.833 bits per heavy atom. The fourth-order valence-electron chi connectivity index (χ4n) is 0.494. The van der Waals surface area contributed by atoms with Gasteiger partial charge in [0.25, 0.3) is 0 Å². The van der Waals surface area contributed by atoms with E-state index in [9.17, 15) is 0 Å². The van der Waals surface area contributed by atoms with Crippen molar-refractivity contribution in [3.05, 3.63) is 33.3 Å². The third-order valence-corrected chi connectivity index (χ3v) is 1.44. The predicted octanol–water partition coefficient (Wildman–Crippen LogP) is 0.147. The Bertz CT molecular complexity index is 204. The van der Waals surface area contributed by atoms with E-state index in [-0.39, 0.29) is 4.69 Å². The number of rotatable bonds is 3. The van der Waals surface area contributed by atoms with Gasteiger partial charge in [-0.3, -0.25) is 0 Å². The molecule has 0 heterocycles. The van der Waals surface area contributed by atoms with Crippen LogP contribution in [0.2, 0.25) is 0 Å². The first-order chi connectivity index (χ1) is 8.72. The first-order valence-corrected chi connectivity index (χ1v) is 4.36. The Balaban J connectivity index is -0.0000000304. The van der Waals surface area contributed by atoms with Gasteiger partial charge in [-0.2, -0.15) is 0 Å². The first-order valence-electron chi connectivity index (χ1n) is 3.72. The van der Waals surface area contributed by atoms with E-state index in [2.05, 4.69) is 49.1 Å². The minimum absolute atomic E-state index is 0.287. The summed E-state index contributed by atoms with van der Waals surface area (Å²) in [4.78, 5) is 1.83. The van der Waals surface area contributed by atoms with Crippen LogP contribution in [-0.2, 0) is 39.1 Å². The molecule has 0 atom stereocenters. The Hall–Kier alpha value is -0.978. The second-order valence-electron chi connectivity index (χ2n) is 1.45. The van der Waals surface area contributed by atoms with Crippen molar-refractivity contribution in [1.82, 2.24) is 4.90 Å². The van der Waals surface area contributed by atoms with Crippen molar-refractivity contribution < 1.29 is 44.2 Å². The standard InChI is InChI=1S/C5H11NO.5CO.Cr/c1-3-6(4-2)5-7;5*1-2;/h7H,3-4H2,1-2H3;;;;;;. The third-order valence-electron chi connectivity index (χ3n) is 1.03. The average Bonchev–Trinajstić information content (AvgIpc) is 2.50. The van der Waals surface area contributed by atoms with Crippen LogP contribution in [0.4, 0.5) is 0 Å². The second-order valence-corrected chi connectivity index (χ2v) is 2.03. The normalized spacial score (nSPS) is 5.00. The van der Waals surface area contributed by atoms with Crippen LogP contribution in [-0.4, -0.2) is 27.8 Å². The summed E-state index contributed by atoms with van der Waals surface area (Å²) in [6, 6.07) is 0. The molecule has 8 heteroatoms. The van der Waals surface area contributed by atoms with Gasteiger partial charge in [-0.15, -0.1) is 0 Å². The van der Waals surface area contributed by atoms with E-state index in [4.69, 9.17) is 28.4 Å². The summed E-state index contributed by atoms with van der Waals surface area (Å²) in [5.41, 5.74) is 0. The van der Waals surface area contributed by atoms with E-state index >= 15 is 0 Å². The zero-order chi connectivity index (χ0) is 16.6. The monoisotopic (exact) mass is 293 g/mol. The molecule has 0 aromatic carbocycles. The molecule has 0 aliphatic carbocycles. The molecule has 0 aliphatic heterocycles. The van der Waals surface area contributed by atoms with Gasteiger partial charge in [0.1, 0.15) is 0 Å². The zero-order valence-electron chi connectivity index (χ0n) is 9.76. The molecular weight excluding hydrogens is 282 g/mol. The first kappa shape index (κ1) is 36.0. The molecule has 0 rings (SSSR count). The van der Waals surface area contributed by atoms with E-state index in [1.54, 1.807) is 0 Å². The fraction of sp³-hybridized carbons (Fsp3) is 0.400. The molecule has 0 saturated carbocycles. The molecule has 0 aromatic rings. The summed E-state index contributed by atoms with van der Waals surface area (Å²) in [5.74, 6) is 0. The van der Waals surface area contributed by atoms with E-state index in [0.29, 0.717) is 0 Å². The Labute approximate surface area is 114 Å². The van der Waals surface area contributed by atoms with Crippen molar-refractivity contribution >= 4 is 4.69 Å². The van der Waals surface area contributed by atoms with Crippen molar-refractivity contribution in [2.75, 3.05) is 13.1 Å². The van der Waals surface area contributed by atoms with Crippen molar-refractivity contribution in [2.24, 2.45) is 0 Å². The SMILES string of the molecule is CCN(CC)[C](O)=[Cr].[C-]#[O+].[C-]#[O+].[C-]#[O+].[C-]#[O+].[C-]#[O+]. The number of aliphatic hydroxyl groups is 1. The third kappa shape index (κ3) is 59.9. The van der Waals surface area contributed by atoms with E-state index in [1.165, 1.54) is 0 Å². The van der Waals surface area contributed by atoms with Crippen molar-refractivity contribution in [2.45, 2.75) is 13.8 Å². The quantitative estimate of drug-likeness (QED) is 0.587. The maximum absolute atomic E-state index is 8.80. The topological polar surface area (TPSA) is 123 Å². The van der Waals surface area contributed by atoms with Crippen LogP contribution in [0.25, 0.3) is 0 Å². The average molecular weight is 293 g/mol. The second kappa shape index (κ2) is 73.3. The minimum atomic E-state index is 0.287. The van der Waals surface area contributed by atoms with Crippen LogP contribution >= 0.6 is 0 Å². The van der Waals surface area contributed by atoms with Crippen LogP contribution in [0.5, 0.6) is 0 Å². The number of hydrogen-bond donors (Lipinski definition) is 1. The van der Waals surface area contributed by atoms with Crippen molar-refractivity contribution in [3.8, 4) is 0 Å². The van der Waals surface area contributed by atoms with Gasteiger partial charge in [-0.1, -0.05) is 0 Å². The van der Waals surface area contributed by atoms with E-state index < -0.39 is 0 Å². The van der Waals surface area contributed by atoms with Gasteiger partial charge in [-0.05, 0) is 0 Å². The van der Waals surface area contributed by atoms with Gasteiger partial charge in [0.2, 0.25) is 0 Å². The Kier molecular flexibility index (Phi) is 147. The number of aliphatic hydroxyl groups excluding tert-OH is 1. The number of hydrogen-bond acceptors (Lipinski definition) is 2. The van der Waals surface area contributed by atoms with Crippen LogP contribution in [0, 0.1) is 33.3 Å². The molecule has 1 N–H and O–H groups in total. The molecule has 18 heavy (non-hydrogen) atoms. The van der Waals surface area contributed by atoms with Gasteiger partial charge in [0, 0.05) is 0 Å². The molecule has 0 fully saturated rings. The van der Waals surface area contributed by atoms with Crippen LogP contribution in [0.15, 0.2) is 0 Å². The zero-order valence-corrected chi connectivity index (χ0v) is 11.0. The summed E-state index contributed by atoms with van der Waals surface area (Å²) in [5, 5.41) is 8.80. The molecule has 0 amide bonds. The molecule has 0 bridgehead atoms. The van der Waals surface area contributed by atoms with Gasteiger partial charge in [0.05, 0.1) is 0 Å². The van der Waals surface area contributed by atoms with Gasteiger partial charge in [0.15, 0.2) is 0 Å². The van der Waals surface area contributed by atoms with Gasteiger partial charge < -0.3 is 0 Å². The van der Waals surface area contributed by atoms with Crippen LogP contribution in [0.1, 0.15) is 13.8 Å². The summed E-state index contributed by atoms with van der Waals surface area (Å²) in [7, 11) is 0. The van der Waals surface area contributed by atoms with Gasteiger partial charge in [-0.25, -0.2) is 0 Å². The predicted molar refractivity (Wildman–Crippen MR) is 49.5 cm³/mol. The van der Waals surface area contributed by atoms with Crippen molar-refractivity contribution in [1.29, 1.82) is 0 Å². The maximum atomic E-state index is 8.80. The van der Waals surface area contributed by atoms with E-state index in [1.807, 2.05) is 18.7 Å². The molecule has 0 spiro atoms. The summed E-state index contributed by atoms with van der Waals surface area (Å²) < 4.78 is 37.8. The summed E-state index contributed by atoms with van der Waals surface area (Å²) >= 11 is 2.54. The summed E-state index contributed by atoms with van der Waals surface area (Å²) in [6.45, 7) is 28.2. The molecular formula is C10H11CrNO6. The van der Waals surface area contributed by atoms with Crippen molar-refractivity contribution in [3.63, 3.8) is 0 Å². The van der Waals surface area contributed by atoms with Crippen LogP contribution < -0.4 is 0 Å². The molecule has 0 aromatic heterocycles. The molecule has 0 saturated heterocycles. The summed E-state index contributed by atoms with van der Waals surface area (Å²) in [6.07, 6.45) is 0. The number of nitrogens with zero attached hydrogens (tertiary/aromatic N) is 1. The van der Waals surface area contributed by atoms with E-state index in [0.717, 1.165) is 13.1 Å². The molecule has 0 radical (unpaired) electrons. The van der Waals surface area contributed by atoms with Gasteiger partial charge >= 0.3 is 114 Å². The molecule has 0 unspecified atom stereocenters. The van der Waals surface area contributed by atoms with Crippen LogP contribution in [0.3, 0.4) is 0 Å². The Morgan fingerprint density at radius 2 is 1.00 bits per heavy atom. The fourth-order valence-corrected chi connectivity index (χ4v) is 0.897. The molecule has 0 aliphatic rings. The molecule has 7 nitrogen and oxygen atoms in total.